The van der Waals surface area contributed by atoms with Crippen molar-refractivity contribution < 1.29 is 18.8 Å². The lowest BCUT2D eigenvalue weighted by molar-refractivity contribution is -0.132. The minimum atomic E-state index is -1.34. The first-order valence-corrected chi connectivity index (χ1v) is 10.0. The number of halogens is 2. The second-order valence-electron chi connectivity index (χ2n) is 2.70. The molecule has 102 valence electrons. The van der Waals surface area contributed by atoms with E-state index in [2.05, 4.69) is 22.0 Å². The lowest BCUT2D eigenvalue weighted by atomic mass is 10.4. The standard InChI is InChI=1S/C4H6O2.C3H6Cl2Si.C2H8O2Si/c1-3(2)4(5)6;1-2-3-6(4)5;1-3-5-4-2/h1H2,2H3,(H,5,6);2,6H,1,3H2;5H2,1-2H3. The van der Waals surface area contributed by atoms with Crippen LogP contribution < -0.4 is 0 Å². The molecule has 0 unspecified atom stereocenters. The van der Waals surface area contributed by atoms with Crippen LogP contribution in [0.2, 0.25) is 6.04 Å². The predicted molar refractivity (Wildman–Crippen MR) is 78.9 cm³/mol. The number of rotatable bonds is 5. The minimum absolute atomic E-state index is 0.176. The second-order valence-corrected chi connectivity index (χ2v) is 9.17. The van der Waals surface area contributed by atoms with Crippen molar-refractivity contribution in [1.29, 1.82) is 0 Å². The van der Waals surface area contributed by atoms with Gasteiger partial charge in [-0.25, -0.2) is 4.79 Å². The van der Waals surface area contributed by atoms with Gasteiger partial charge in [-0.2, -0.15) is 22.2 Å². The topological polar surface area (TPSA) is 55.8 Å². The Morgan fingerprint density at radius 2 is 1.82 bits per heavy atom. The Hall–Kier alpha value is -0.116. The molecule has 0 amide bonds. The third-order valence-electron chi connectivity index (χ3n) is 0.946. The molecule has 17 heavy (non-hydrogen) atoms. The molecule has 0 spiro atoms. The van der Waals surface area contributed by atoms with Crippen molar-refractivity contribution in [3.8, 4) is 0 Å². The van der Waals surface area contributed by atoms with Gasteiger partial charge in [-0.1, -0.05) is 12.7 Å². The summed E-state index contributed by atoms with van der Waals surface area (Å²) in [4.78, 5) is 9.60. The Labute approximate surface area is 116 Å². The van der Waals surface area contributed by atoms with Crippen molar-refractivity contribution >= 4 is 45.6 Å². The molecule has 0 aromatic heterocycles. The number of allylic oxidation sites excluding steroid dienone is 1. The van der Waals surface area contributed by atoms with Gasteiger partial charge in [-0.15, -0.1) is 6.58 Å². The van der Waals surface area contributed by atoms with E-state index in [1.165, 1.54) is 6.92 Å². The summed E-state index contributed by atoms with van der Waals surface area (Å²) < 4.78 is 9.22. The van der Waals surface area contributed by atoms with E-state index in [4.69, 9.17) is 27.3 Å². The molecule has 8 heteroatoms. The van der Waals surface area contributed by atoms with Crippen LogP contribution in [0.5, 0.6) is 0 Å². The molecular weight excluding hydrogens is 299 g/mol. The third kappa shape index (κ3) is 38.8. The lowest BCUT2D eigenvalue weighted by Crippen LogP contribution is -1.93. The van der Waals surface area contributed by atoms with Gasteiger partial charge < -0.3 is 14.0 Å². The maximum atomic E-state index is 9.60. The molecule has 0 bridgehead atoms. The Kier molecular flexibility index (Phi) is 23.7. The Bertz CT molecular complexity index is 199. The van der Waals surface area contributed by atoms with Gasteiger partial charge in [0.05, 0.1) is 0 Å². The number of carboxylic acid groups (broad SMARTS) is 1. The molecule has 0 saturated heterocycles. The van der Waals surface area contributed by atoms with Gasteiger partial charge in [0.15, 0.2) is 0 Å². The summed E-state index contributed by atoms with van der Waals surface area (Å²) in [5.74, 6) is -0.935. The summed E-state index contributed by atoms with van der Waals surface area (Å²) >= 11 is 10.8. The van der Waals surface area contributed by atoms with Gasteiger partial charge in [0.1, 0.15) is 0 Å². The highest BCUT2D eigenvalue weighted by Crippen LogP contribution is 2.01. The average Bonchev–Trinajstić information content (AvgIpc) is 2.20. The zero-order valence-electron chi connectivity index (χ0n) is 10.4. The predicted octanol–water partition coefficient (Wildman–Crippen LogP) is 1.80. The van der Waals surface area contributed by atoms with Gasteiger partial charge in [0, 0.05) is 19.8 Å². The molecule has 0 aromatic rings. The quantitative estimate of drug-likeness (QED) is 0.363. The molecule has 0 atom stereocenters. The summed E-state index contributed by atoms with van der Waals surface area (Å²) in [6.45, 7) is 8.07. The zero-order valence-corrected chi connectivity index (χ0v) is 14.5. The van der Waals surface area contributed by atoms with Crippen LogP contribution in [0, 0.1) is 0 Å². The van der Waals surface area contributed by atoms with Crippen LogP contribution in [0.1, 0.15) is 6.92 Å². The van der Waals surface area contributed by atoms with E-state index in [9.17, 15) is 4.79 Å². The Morgan fingerprint density at radius 3 is 1.82 bits per heavy atom. The van der Waals surface area contributed by atoms with Gasteiger partial charge in [-0.05, 0) is 13.0 Å². The first-order chi connectivity index (χ1) is 7.83. The summed E-state index contributed by atoms with van der Waals surface area (Å²) in [7, 11) is 1.39. The van der Waals surface area contributed by atoms with Crippen LogP contribution in [0.25, 0.3) is 0 Å². The van der Waals surface area contributed by atoms with E-state index < -0.39 is 23.4 Å². The number of carboxylic acids is 1. The van der Waals surface area contributed by atoms with Gasteiger partial charge >= 0.3 is 16.0 Å². The van der Waals surface area contributed by atoms with Gasteiger partial charge in [0.25, 0.3) is 0 Å². The normalized spacial score (nSPS) is 8.35. The van der Waals surface area contributed by atoms with Crippen molar-refractivity contribution in [2.45, 2.75) is 13.0 Å². The Balaban J connectivity index is -0.000000174. The fourth-order valence-corrected chi connectivity index (χ4v) is 1.49. The highest BCUT2D eigenvalue weighted by molar-refractivity contribution is 7.33. The minimum Gasteiger partial charge on any atom is -0.478 e. The number of aliphatic carboxylic acids is 1. The second kappa shape index (κ2) is 18.3. The van der Waals surface area contributed by atoms with E-state index in [-0.39, 0.29) is 5.57 Å². The first-order valence-electron chi connectivity index (χ1n) is 4.59. The molecule has 0 fully saturated rings. The monoisotopic (exact) mass is 318 g/mol. The SMILES string of the molecule is C=C(C)C(=O)O.C=CC[SiH](Cl)Cl.CO[SiH2]OC. The number of hydrogen-bond acceptors (Lipinski definition) is 3. The van der Waals surface area contributed by atoms with Crippen molar-refractivity contribution in [3.63, 3.8) is 0 Å². The molecule has 0 heterocycles. The van der Waals surface area contributed by atoms with E-state index in [1.807, 2.05) is 0 Å². The van der Waals surface area contributed by atoms with Crippen LogP contribution >= 0.6 is 22.2 Å². The molecule has 0 aliphatic carbocycles. The summed E-state index contributed by atoms with van der Waals surface area (Å²) in [5, 5.41) is 7.89. The summed E-state index contributed by atoms with van der Waals surface area (Å²) in [5.41, 5.74) is 0.176. The van der Waals surface area contributed by atoms with Crippen LogP contribution in [-0.4, -0.2) is 42.7 Å². The molecule has 0 saturated carbocycles. The third-order valence-corrected chi connectivity index (χ3v) is 3.18. The van der Waals surface area contributed by atoms with Gasteiger partial charge in [-0.3, -0.25) is 0 Å². The highest BCUT2D eigenvalue weighted by atomic mass is 35.7. The van der Waals surface area contributed by atoms with Crippen LogP contribution in [0.4, 0.5) is 0 Å². The zero-order chi connectivity index (χ0) is 14.3. The van der Waals surface area contributed by atoms with Crippen LogP contribution in [0.15, 0.2) is 24.8 Å². The van der Waals surface area contributed by atoms with E-state index >= 15 is 0 Å². The summed E-state index contributed by atoms with van der Waals surface area (Å²) in [6.07, 6.45) is 1.75. The average molecular weight is 319 g/mol. The van der Waals surface area contributed by atoms with Crippen molar-refractivity contribution in [2.75, 3.05) is 14.2 Å². The largest absolute Gasteiger partial charge is 0.478 e. The summed E-state index contributed by atoms with van der Waals surface area (Å²) in [6, 6.07) is 0.809. The van der Waals surface area contributed by atoms with Crippen molar-refractivity contribution in [2.24, 2.45) is 0 Å². The van der Waals surface area contributed by atoms with Crippen molar-refractivity contribution in [3.05, 3.63) is 24.8 Å². The van der Waals surface area contributed by atoms with E-state index in [1.54, 1.807) is 20.3 Å². The molecule has 0 rings (SSSR count). The molecule has 0 aromatic carbocycles. The fourth-order valence-electron chi connectivity index (χ4n) is 0.244. The number of carbonyl (C=O) groups is 1. The first kappa shape index (κ1) is 22.1. The number of hydrogen-bond donors (Lipinski definition) is 1. The van der Waals surface area contributed by atoms with Crippen molar-refractivity contribution in [1.82, 2.24) is 0 Å². The van der Waals surface area contributed by atoms with Gasteiger partial charge in [0.2, 0.25) is 7.42 Å². The molecule has 0 aliphatic rings. The van der Waals surface area contributed by atoms with Crippen LogP contribution in [-0.2, 0) is 13.6 Å². The molecule has 0 radical (unpaired) electrons. The molecular formula is C9H20Cl2O4Si2. The van der Waals surface area contributed by atoms with E-state index in [0.717, 1.165) is 6.04 Å². The highest BCUT2D eigenvalue weighted by Gasteiger charge is 1.93. The van der Waals surface area contributed by atoms with Crippen LogP contribution in [0.3, 0.4) is 0 Å². The molecule has 0 aliphatic heterocycles. The smallest absolute Gasteiger partial charge is 0.330 e. The Morgan fingerprint density at radius 1 is 1.47 bits per heavy atom. The lowest BCUT2D eigenvalue weighted by Gasteiger charge is -1.86. The van der Waals surface area contributed by atoms with E-state index in [0.29, 0.717) is 0 Å². The maximum Gasteiger partial charge on any atom is 0.330 e. The fraction of sp³-hybridized carbons (Fsp3) is 0.444. The molecule has 1 N–H and O–H groups in total. The molecule has 4 nitrogen and oxygen atoms in total. The maximum absolute atomic E-state index is 9.60.